The number of hydrogen-bond acceptors (Lipinski definition) is 2. The summed E-state index contributed by atoms with van der Waals surface area (Å²) in [5, 5.41) is 0. The number of likely N-dealkylation sites (tertiary alicyclic amines) is 1. The minimum Gasteiger partial charge on any atom is -0.324 e. The van der Waals surface area contributed by atoms with Gasteiger partial charge >= 0.3 is 6.18 Å². The number of para-hydroxylation sites is 1. The van der Waals surface area contributed by atoms with Crippen molar-refractivity contribution in [2.24, 2.45) is 0 Å². The number of rotatable bonds is 4. The number of benzene rings is 2. The zero-order chi connectivity index (χ0) is 18.7. The lowest BCUT2D eigenvalue weighted by Gasteiger charge is -2.28. The maximum Gasteiger partial charge on any atom is 0.416 e. The van der Waals surface area contributed by atoms with Crippen molar-refractivity contribution in [3.8, 4) is 0 Å². The van der Waals surface area contributed by atoms with Gasteiger partial charge in [0.15, 0.2) is 0 Å². The number of alkyl halides is 3. The third-order valence-electron chi connectivity index (χ3n) is 4.26. The lowest BCUT2D eigenvalue weighted by molar-refractivity contribution is -0.137. The first-order valence-electron chi connectivity index (χ1n) is 8.18. The molecular formula is C19H17F3N2O2. The molecule has 0 saturated carbocycles. The lowest BCUT2D eigenvalue weighted by Crippen LogP contribution is -2.42. The van der Waals surface area contributed by atoms with Crippen LogP contribution in [-0.2, 0) is 11.0 Å². The molecule has 1 aliphatic rings. The first-order valence-corrected chi connectivity index (χ1v) is 8.18. The van der Waals surface area contributed by atoms with Crippen LogP contribution in [0.3, 0.4) is 0 Å². The molecule has 26 heavy (non-hydrogen) atoms. The van der Waals surface area contributed by atoms with Gasteiger partial charge in [-0.15, -0.1) is 0 Å². The largest absolute Gasteiger partial charge is 0.416 e. The molecule has 0 spiro atoms. The Hall–Kier alpha value is -2.83. The number of hydrogen-bond donors (Lipinski definition) is 0. The lowest BCUT2D eigenvalue weighted by atomic mass is 10.1. The number of nitrogens with zero attached hydrogens (tertiary/aromatic N) is 2. The minimum absolute atomic E-state index is 0.0360. The van der Waals surface area contributed by atoms with Gasteiger partial charge in [0.25, 0.3) is 5.91 Å². The average molecular weight is 362 g/mol. The molecule has 2 aromatic carbocycles. The molecule has 2 aromatic rings. The Morgan fingerprint density at radius 1 is 1.04 bits per heavy atom. The summed E-state index contributed by atoms with van der Waals surface area (Å²) in [5.74, 6) is -0.490. The van der Waals surface area contributed by atoms with Crippen molar-refractivity contribution < 1.29 is 22.8 Å². The fourth-order valence-corrected chi connectivity index (χ4v) is 2.85. The van der Waals surface area contributed by atoms with Crippen LogP contribution in [0.15, 0.2) is 54.6 Å². The van der Waals surface area contributed by atoms with Gasteiger partial charge in [0.05, 0.1) is 5.56 Å². The molecule has 2 amide bonds. The molecule has 0 unspecified atom stereocenters. The smallest absolute Gasteiger partial charge is 0.324 e. The summed E-state index contributed by atoms with van der Waals surface area (Å²) in [6.45, 7) is 0.630. The Bertz CT molecular complexity index is 789. The molecule has 0 bridgehead atoms. The second-order valence-electron chi connectivity index (χ2n) is 6.05. The van der Waals surface area contributed by atoms with Gasteiger partial charge in [0, 0.05) is 24.2 Å². The fourth-order valence-electron chi connectivity index (χ4n) is 2.85. The van der Waals surface area contributed by atoms with E-state index < -0.39 is 17.6 Å². The van der Waals surface area contributed by atoms with Gasteiger partial charge in [-0.1, -0.05) is 18.2 Å². The highest BCUT2D eigenvalue weighted by Crippen LogP contribution is 2.29. The minimum atomic E-state index is -4.46. The molecule has 4 nitrogen and oxygen atoms in total. The third kappa shape index (κ3) is 3.87. The number of carbonyl (C=O) groups is 2. The van der Waals surface area contributed by atoms with Crippen LogP contribution in [-0.4, -0.2) is 29.9 Å². The molecule has 0 atom stereocenters. The molecule has 1 aliphatic heterocycles. The maximum atomic E-state index is 12.9. The monoisotopic (exact) mass is 362 g/mol. The van der Waals surface area contributed by atoms with E-state index in [9.17, 15) is 22.8 Å². The molecule has 136 valence electrons. The van der Waals surface area contributed by atoms with Crippen LogP contribution in [0.1, 0.15) is 28.8 Å². The van der Waals surface area contributed by atoms with E-state index in [1.165, 1.54) is 4.90 Å². The van der Waals surface area contributed by atoms with Crippen molar-refractivity contribution in [2.75, 3.05) is 18.1 Å². The summed E-state index contributed by atoms with van der Waals surface area (Å²) in [6, 6.07) is 12.9. The quantitative estimate of drug-likeness (QED) is 0.827. The summed E-state index contributed by atoms with van der Waals surface area (Å²) in [7, 11) is 0. The number of halogens is 3. The van der Waals surface area contributed by atoms with Crippen molar-refractivity contribution >= 4 is 17.5 Å². The van der Waals surface area contributed by atoms with Gasteiger partial charge in [0.2, 0.25) is 5.91 Å². The van der Waals surface area contributed by atoms with E-state index in [1.54, 1.807) is 35.2 Å². The van der Waals surface area contributed by atoms with Crippen molar-refractivity contribution in [1.29, 1.82) is 0 Å². The zero-order valence-corrected chi connectivity index (χ0v) is 13.9. The SMILES string of the molecule is O=C1CCCN1CN(C(=O)c1ccc(C(F)(F)F)cc1)c1ccccc1. The summed E-state index contributed by atoms with van der Waals surface area (Å²) < 4.78 is 38.2. The van der Waals surface area contributed by atoms with Crippen LogP contribution >= 0.6 is 0 Å². The number of anilines is 1. The molecule has 3 rings (SSSR count). The summed E-state index contributed by atoms with van der Waals surface area (Å²) in [6.07, 6.45) is -3.28. The predicted octanol–water partition coefficient (Wildman–Crippen LogP) is 3.93. The third-order valence-corrected chi connectivity index (χ3v) is 4.26. The second-order valence-corrected chi connectivity index (χ2v) is 6.05. The first-order chi connectivity index (χ1) is 12.4. The van der Waals surface area contributed by atoms with E-state index in [4.69, 9.17) is 0 Å². The molecule has 0 aliphatic carbocycles. The van der Waals surface area contributed by atoms with Crippen molar-refractivity contribution in [3.63, 3.8) is 0 Å². The van der Waals surface area contributed by atoms with Gasteiger partial charge in [-0.3, -0.25) is 14.5 Å². The fraction of sp³-hybridized carbons (Fsp3) is 0.263. The Kier molecular flexibility index (Phi) is 4.97. The molecule has 1 heterocycles. The Balaban J connectivity index is 1.88. The van der Waals surface area contributed by atoms with E-state index in [-0.39, 0.29) is 18.1 Å². The van der Waals surface area contributed by atoms with Crippen molar-refractivity contribution in [2.45, 2.75) is 19.0 Å². The number of carbonyl (C=O) groups excluding carboxylic acids is 2. The van der Waals surface area contributed by atoms with Gasteiger partial charge in [-0.2, -0.15) is 13.2 Å². The standard InChI is InChI=1S/C19H17F3N2O2/c20-19(21,22)15-10-8-14(9-11-15)18(26)24(16-5-2-1-3-6-16)13-23-12-4-7-17(23)25/h1-3,5-6,8-11H,4,7,12-13H2. The molecular weight excluding hydrogens is 345 g/mol. The van der Waals surface area contributed by atoms with Crippen LogP contribution in [0, 0.1) is 0 Å². The van der Waals surface area contributed by atoms with Crippen LogP contribution in [0.25, 0.3) is 0 Å². The highest BCUT2D eigenvalue weighted by molar-refractivity contribution is 6.06. The Morgan fingerprint density at radius 3 is 2.23 bits per heavy atom. The first kappa shape index (κ1) is 18.0. The van der Waals surface area contributed by atoms with Crippen LogP contribution in [0.5, 0.6) is 0 Å². The molecule has 0 N–H and O–H groups in total. The van der Waals surface area contributed by atoms with E-state index in [0.29, 0.717) is 18.7 Å². The maximum absolute atomic E-state index is 12.9. The highest BCUT2D eigenvalue weighted by atomic mass is 19.4. The molecule has 0 radical (unpaired) electrons. The topological polar surface area (TPSA) is 40.6 Å². The Labute approximate surface area is 148 Å². The molecule has 0 aromatic heterocycles. The van der Waals surface area contributed by atoms with E-state index in [2.05, 4.69) is 0 Å². The van der Waals surface area contributed by atoms with E-state index in [1.807, 2.05) is 0 Å². The number of amides is 2. The van der Waals surface area contributed by atoms with E-state index in [0.717, 1.165) is 30.7 Å². The molecule has 1 fully saturated rings. The molecule has 1 saturated heterocycles. The summed E-state index contributed by atoms with van der Waals surface area (Å²) >= 11 is 0. The molecule has 7 heteroatoms. The van der Waals surface area contributed by atoms with Gasteiger partial charge < -0.3 is 4.90 Å². The zero-order valence-electron chi connectivity index (χ0n) is 13.9. The highest BCUT2D eigenvalue weighted by Gasteiger charge is 2.31. The van der Waals surface area contributed by atoms with E-state index >= 15 is 0 Å². The van der Waals surface area contributed by atoms with Gasteiger partial charge in [0.1, 0.15) is 6.67 Å². The Morgan fingerprint density at radius 2 is 1.69 bits per heavy atom. The van der Waals surface area contributed by atoms with Crippen LogP contribution in [0.4, 0.5) is 18.9 Å². The van der Waals surface area contributed by atoms with Crippen molar-refractivity contribution in [3.05, 3.63) is 65.7 Å². The predicted molar refractivity (Wildman–Crippen MR) is 90.5 cm³/mol. The normalized spacial score (nSPS) is 14.6. The summed E-state index contributed by atoms with van der Waals surface area (Å²) in [5.41, 5.74) is -0.0966. The van der Waals surface area contributed by atoms with Gasteiger partial charge in [-0.05, 0) is 42.8 Å². The van der Waals surface area contributed by atoms with Crippen molar-refractivity contribution in [1.82, 2.24) is 4.90 Å². The summed E-state index contributed by atoms with van der Waals surface area (Å²) in [4.78, 5) is 27.8. The van der Waals surface area contributed by atoms with Crippen LogP contribution in [0.2, 0.25) is 0 Å². The van der Waals surface area contributed by atoms with Crippen LogP contribution < -0.4 is 4.90 Å². The van der Waals surface area contributed by atoms with Gasteiger partial charge in [-0.25, -0.2) is 0 Å². The second kappa shape index (κ2) is 7.19. The average Bonchev–Trinajstić information content (AvgIpc) is 3.04.